The fourth-order valence-corrected chi connectivity index (χ4v) is 2.23. The van der Waals surface area contributed by atoms with E-state index in [-0.39, 0.29) is 0 Å². The topological polar surface area (TPSA) is 41.5 Å². The summed E-state index contributed by atoms with van der Waals surface area (Å²) in [6, 6.07) is 14.1. The third kappa shape index (κ3) is 4.31. The zero-order valence-corrected chi connectivity index (χ0v) is 12.9. The first-order valence-electron chi connectivity index (χ1n) is 7.19. The molecule has 1 unspecified atom stereocenters. The van der Waals surface area contributed by atoms with Crippen LogP contribution < -0.4 is 10.1 Å². The van der Waals surface area contributed by atoms with E-state index in [1.165, 1.54) is 5.56 Å². The smallest absolute Gasteiger partial charge is 0.122 e. The molecule has 0 aliphatic carbocycles. The third-order valence-electron chi connectivity index (χ3n) is 3.60. The van der Waals surface area contributed by atoms with Crippen LogP contribution in [0.4, 0.5) is 0 Å². The normalized spacial score (nSPS) is 12.2. The Morgan fingerprint density at radius 2 is 1.81 bits per heavy atom. The Kier molecular flexibility index (Phi) is 5.37. The molecule has 0 spiro atoms. The van der Waals surface area contributed by atoms with Gasteiger partial charge in [-0.3, -0.25) is 0 Å². The largest absolute Gasteiger partial charge is 0.496 e. The fraction of sp³-hybridized carbons (Fsp3) is 0.333. The van der Waals surface area contributed by atoms with Crippen molar-refractivity contribution in [3.63, 3.8) is 0 Å². The van der Waals surface area contributed by atoms with Gasteiger partial charge in [-0.25, -0.2) is 0 Å². The van der Waals surface area contributed by atoms with Crippen molar-refractivity contribution in [1.82, 2.24) is 5.32 Å². The molecule has 21 heavy (non-hydrogen) atoms. The van der Waals surface area contributed by atoms with Crippen molar-refractivity contribution in [3.8, 4) is 5.75 Å². The van der Waals surface area contributed by atoms with Gasteiger partial charge in [0, 0.05) is 13.1 Å². The number of rotatable bonds is 6. The van der Waals surface area contributed by atoms with E-state index in [4.69, 9.17) is 4.74 Å². The Bertz CT molecular complexity index is 578. The van der Waals surface area contributed by atoms with Gasteiger partial charge in [0.1, 0.15) is 5.75 Å². The van der Waals surface area contributed by atoms with Crippen LogP contribution in [-0.2, 0) is 6.54 Å². The predicted octanol–water partition coefficient (Wildman–Crippen LogP) is 3.14. The molecule has 0 saturated heterocycles. The van der Waals surface area contributed by atoms with Crippen LogP contribution in [0.5, 0.6) is 5.75 Å². The summed E-state index contributed by atoms with van der Waals surface area (Å²) in [5.41, 5.74) is 4.41. The van der Waals surface area contributed by atoms with Crippen molar-refractivity contribution >= 4 is 0 Å². The first-order valence-corrected chi connectivity index (χ1v) is 7.19. The molecule has 2 N–H and O–H groups in total. The van der Waals surface area contributed by atoms with Gasteiger partial charge in [-0.2, -0.15) is 0 Å². The molecule has 0 heterocycles. The lowest BCUT2D eigenvalue weighted by molar-refractivity contribution is 0.174. The Hall–Kier alpha value is -1.84. The highest BCUT2D eigenvalue weighted by Gasteiger charge is 2.07. The maximum atomic E-state index is 10.1. The third-order valence-corrected chi connectivity index (χ3v) is 3.60. The molecule has 2 aromatic carbocycles. The monoisotopic (exact) mass is 285 g/mol. The second-order valence-electron chi connectivity index (χ2n) is 5.36. The zero-order chi connectivity index (χ0) is 15.2. The summed E-state index contributed by atoms with van der Waals surface area (Å²) in [6.07, 6.45) is -0.488. The lowest BCUT2D eigenvalue weighted by Crippen LogP contribution is -2.21. The van der Waals surface area contributed by atoms with E-state index in [1.807, 2.05) is 50.2 Å². The van der Waals surface area contributed by atoms with Gasteiger partial charge in [0.2, 0.25) is 0 Å². The predicted molar refractivity (Wildman–Crippen MR) is 85.6 cm³/mol. The Morgan fingerprint density at radius 3 is 2.48 bits per heavy atom. The highest BCUT2D eigenvalue weighted by Crippen LogP contribution is 2.19. The van der Waals surface area contributed by atoms with Crippen LogP contribution in [0.1, 0.15) is 28.4 Å². The molecule has 0 saturated carbocycles. The number of methoxy groups -OCH3 is 1. The van der Waals surface area contributed by atoms with Crippen LogP contribution in [0.25, 0.3) is 0 Å². The van der Waals surface area contributed by atoms with E-state index >= 15 is 0 Å². The number of aliphatic hydroxyl groups is 1. The molecule has 3 nitrogen and oxygen atoms in total. The number of benzene rings is 2. The molecule has 0 amide bonds. The number of hydrogen-bond acceptors (Lipinski definition) is 3. The van der Waals surface area contributed by atoms with Crippen molar-refractivity contribution in [2.75, 3.05) is 13.7 Å². The molecule has 2 aromatic rings. The molecule has 0 fully saturated rings. The molecule has 3 heteroatoms. The number of nitrogens with one attached hydrogen (secondary N) is 1. The van der Waals surface area contributed by atoms with E-state index in [0.29, 0.717) is 13.1 Å². The second-order valence-corrected chi connectivity index (χ2v) is 5.36. The first-order chi connectivity index (χ1) is 10.1. The summed E-state index contributed by atoms with van der Waals surface area (Å²) in [4.78, 5) is 0. The van der Waals surface area contributed by atoms with Gasteiger partial charge in [0.25, 0.3) is 0 Å². The molecular weight excluding hydrogens is 262 g/mol. The van der Waals surface area contributed by atoms with Crippen LogP contribution in [0, 0.1) is 13.8 Å². The average molecular weight is 285 g/mol. The Labute approximate surface area is 126 Å². The Balaban J connectivity index is 1.87. The van der Waals surface area contributed by atoms with E-state index in [9.17, 15) is 5.11 Å². The fourth-order valence-electron chi connectivity index (χ4n) is 2.23. The molecule has 1 atom stereocenters. The van der Waals surface area contributed by atoms with Crippen LogP contribution >= 0.6 is 0 Å². The Morgan fingerprint density at radius 1 is 1.10 bits per heavy atom. The van der Waals surface area contributed by atoms with Crippen molar-refractivity contribution in [2.24, 2.45) is 0 Å². The lowest BCUT2D eigenvalue weighted by Gasteiger charge is -2.13. The molecule has 0 aliphatic heterocycles. The van der Waals surface area contributed by atoms with Crippen LogP contribution in [-0.4, -0.2) is 18.8 Å². The minimum atomic E-state index is -0.488. The highest BCUT2D eigenvalue weighted by atomic mass is 16.5. The average Bonchev–Trinajstić information content (AvgIpc) is 2.49. The number of aryl methyl sites for hydroxylation is 2. The standard InChI is InChI=1S/C18H23NO2/c1-13-4-8-16(9-5-13)17(20)12-19-11-15-7-6-14(2)18(10-15)21-3/h4-10,17,19-20H,11-12H2,1-3H3. The minimum absolute atomic E-state index is 0.488. The molecule has 2 rings (SSSR count). The van der Waals surface area contributed by atoms with Gasteiger partial charge in [-0.05, 0) is 36.6 Å². The van der Waals surface area contributed by atoms with Crippen LogP contribution in [0.2, 0.25) is 0 Å². The first kappa shape index (κ1) is 15.5. The molecule has 0 radical (unpaired) electrons. The van der Waals surface area contributed by atoms with Gasteiger partial charge in [-0.15, -0.1) is 0 Å². The molecule has 112 valence electrons. The van der Waals surface area contributed by atoms with Crippen molar-refractivity contribution in [3.05, 3.63) is 64.7 Å². The van der Waals surface area contributed by atoms with Gasteiger partial charge < -0.3 is 15.2 Å². The molecular formula is C18H23NO2. The molecule has 0 bridgehead atoms. The number of ether oxygens (including phenoxy) is 1. The van der Waals surface area contributed by atoms with E-state index < -0.39 is 6.10 Å². The molecule has 0 aliphatic rings. The van der Waals surface area contributed by atoms with E-state index in [2.05, 4.69) is 11.4 Å². The SMILES string of the molecule is COc1cc(CNCC(O)c2ccc(C)cc2)ccc1C. The lowest BCUT2D eigenvalue weighted by atomic mass is 10.1. The number of hydrogen-bond donors (Lipinski definition) is 2. The second kappa shape index (κ2) is 7.25. The summed E-state index contributed by atoms with van der Waals surface area (Å²) in [7, 11) is 1.68. The summed E-state index contributed by atoms with van der Waals surface area (Å²) in [6.45, 7) is 5.30. The van der Waals surface area contributed by atoms with Gasteiger partial charge in [0.15, 0.2) is 0 Å². The van der Waals surface area contributed by atoms with Gasteiger partial charge in [-0.1, -0.05) is 42.0 Å². The number of aliphatic hydroxyl groups excluding tert-OH is 1. The highest BCUT2D eigenvalue weighted by molar-refractivity contribution is 5.36. The van der Waals surface area contributed by atoms with Crippen molar-refractivity contribution in [1.29, 1.82) is 0 Å². The van der Waals surface area contributed by atoms with Crippen LogP contribution in [0.15, 0.2) is 42.5 Å². The maximum Gasteiger partial charge on any atom is 0.122 e. The zero-order valence-electron chi connectivity index (χ0n) is 12.9. The van der Waals surface area contributed by atoms with E-state index in [0.717, 1.165) is 22.4 Å². The molecule has 0 aromatic heterocycles. The van der Waals surface area contributed by atoms with Gasteiger partial charge >= 0.3 is 0 Å². The summed E-state index contributed by atoms with van der Waals surface area (Å²) < 4.78 is 5.32. The quantitative estimate of drug-likeness (QED) is 0.857. The van der Waals surface area contributed by atoms with Crippen LogP contribution in [0.3, 0.4) is 0 Å². The van der Waals surface area contributed by atoms with Gasteiger partial charge in [0.05, 0.1) is 13.2 Å². The summed E-state index contributed by atoms with van der Waals surface area (Å²) in [5.74, 6) is 0.897. The minimum Gasteiger partial charge on any atom is -0.496 e. The van der Waals surface area contributed by atoms with Crippen molar-refractivity contribution < 1.29 is 9.84 Å². The summed E-state index contributed by atoms with van der Waals surface area (Å²) in [5, 5.41) is 13.4. The maximum absolute atomic E-state index is 10.1. The summed E-state index contributed by atoms with van der Waals surface area (Å²) >= 11 is 0. The van der Waals surface area contributed by atoms with Crippen molar-refractivity contribution in [2.45, 2.75) is 26.5 Å². The van der Waals surface area contributed by atoms with E-state index in [1.54, 1.807) is 7.11 Å².